The summed E-state index contributed by atoms with van der Waals surface area (Å²) in [5.74, 6) is -0.505. The molecule has 0 aromatic carbocycles. The van der Waals surface area contributed by atoms with Crippen molar-refractivity contribution in [3.63, 3.8) is 0 Å². The molecule has 1 rings (SSSR count). The van der Waals surface area contributed by atoms with E-state index in [2.05, 4.69) is 11.4 Å². The van der Waals surface area contributed by atoms with Gasteiger partial charge in [-0.05, 0) is 52.1 Å². The molecule has 0 atom stereocenters. The Morgan fingerprint density at radius 1 is 1.17 bits per heavy atom. The lowest BCUT2D eigenvalue weighted by Crippen LogP contribution is -2.62. The van der Waals surface area contributed by atoms with Gasteiger partial charge in [0.05, 0.1) is 6.07 Å². The van der Waals surface area contributed by atoms with E-state index in [9.17, 15) is 14.9 Å². The van der Waals surface area contributed by atoms with Crippen molar-refractivity contribution in [2.75, 3.05) is 13.1 Å². The van der Waals surface area contributed by atoms with Crippen molar-refractivity contribution >= 4 is 11.8 Å². The van der Waals surface area contributed by atoms with Crippen molar-refractivity contribution < 1.29 is 9.59 Å². The molecule has 3 N–H and O–H groups in total. The van der Waals surface area contributed by atoms with Crippen LogP contribution in [0, 0.1) is 16.7 Å². The van der Waals surface area contributed by atoms with Gasteiger partial charge in [-0.2, -0.15) is 5.26 Å². The van der Waals surface area contributed by atoms with Crippen molar-refractivity contribution in [1.82, 2.24) is 10.2 Å². The number of amides is 2. The highest BCUT2D eigenvalue weighted by Crippen LogP contribution is 2.36. The van der Waals surface area contributed by atoms with E-state index in [0.717, 1.165) is 13.1 Å². The number of piperidine rings is 1. The molecule has 6 nitrogen and oxygen atoms in total. The molecule has 0 aromatic rings. The quantitative estimate of drug-likeness (QED) is 0.802. The van der Waals surface area contributed by atoms with Gasteiger partial charge in [0.25, 0.3) is 0 Å². The summed E-state index contributed by atoms with van der Waals surface area (Å²) in [5, 5.41) is 13.1. The van der Waals surface area contributed by atoms with Gasteiger partial charge in [0.2, 0.25) is 11.8 Å². The van der Waals surface area contributed by atoms with Crippen LogP contribution in [-0.4, -0.2) is 40.9 Å². The zero-order valence-corrected chi connectivity index (χ0v) is 15.0. The Morgan fingerprint density at radius 3 is 2.09 bits per heavy atom. The lowest BCUT2D eigenvalue weighted by Gasteiger charge is -2.49. The van der Waals surface area contributed by atoms with Crippen molar-refractivity contribution in [2.45, 2.75) is 71.4 Å². The molecule has 6 heteroatoms. The zero-order chi connectivity index (χ0) is 17.9. The Hall–Kier alpha value is -1.61. The number of nitrogens with one attached hydrogen (secondary N) is 1. The number of nitrogens with two attached hydrogens (primary N) is 1. The summed E-state index contributed by atoms with van der Waals surface area (Å²) in [6.07, 6.45) is 1.58. The number of carbonyl (C=O) groups excluding carboxylic acids is 2. The van der Waals surface area contributed by atoms with Crippen LogP contribution in [0.25, 0.3) is 0 Å². The second kappa shape index (κ2) is 6.88. The van der Waals surface area contributed by atoms with Crippen LogP contribution in [0.3, 0.4) is 0 Å². The van der Waals surface area contributed by atoms with Gasteiger partial charge in [0.15, 0.2) is 0 Å². The van der Waals surface area contributed by atoms with E-state index in [1.54, 1.807) is 4.90 Å². The number of primary amides is 1. The standard InChI is InChI=1S/C17H30N4O2/c1-15(2,3)21(17(12-18)6-8-20-9-7-17)14(23)11-16(4,5)10-13(19)22/h20H,6-11H2,1-5H3,(H2,19,22). The van der Waals surface area contributed by atoms with Crippen molar-refractivity contribution in [2.24, 2.45) is 11.1 Å². The molecule has 0 radical (unpaired) electrons. The lowest BCUT2D eigenvalue weighted by molar-refractivity contribution is -0.146. The summed E-state index contributed by atoms with van der Waals surface area (Å²) in [7, 11) is 0. The minimum atomic E-state index is -0.788. The molecule has 0 aromatic heterocycles. The first-order chi connectivity index (χ1) is 10.4. The smallest absolute Gasteiger partial charge is 0.224 e. The van der Waals surface area contributed by atoms with Gasteiger partial charge in [-0.1, -0.05) is 13.8 Å². The molecule has 0 bridgehead atoms. The first-order valence-electron chi connectivity index (χ1n) is 8.17. The van der Waals surface area contributed by atoms with Crippen molar-refractivity contribution in [3.8, 4) is 6.07 Å². The Labute approximate surface area is 139 Å². The van der Waals surface area contributed by atoms with Crippen LogP contribution in [0.1, 0.15) is 60.3 Å². The first-order valence-corrected chi connectivity index (χ1v) is 8.17. The maximum absolute atomic E-state index is 13.1. The molecule has 1 aliphatic heterocycles. The fourth-order valence-electron chi connectivity index (χ4n) is 3.50. The second-order valence-electron chi connectivity index (χ2n) is 8.28. The van der Waals surface area contributed by atoms with E-state index >= 15 is 0 Å². The zero-order valence-electron chi connectivity index (χ0n) is 15.0. The average Bonchev–Trinajstić information content (AvgIpc) is 2.35. The highest BCUT2D eigenvalue weighted by Gasteiger charge is 2.47. The van der Waals surface area contributed by atoms with Crippen LogP contribution in [0.2, 0.25) is 0 Å². The van der Waals surface area contributed by atoms with Crippen LogP contribution < -0.4 is 11.1 Å². The molecule has 0 unspecified atom stereocenters. The Morgan fingerprint density at radius 2 is 1.70 bits per heavy atom. The molecule has 1 saturated heterocycles. The third-order valence-corrected chi connectivity index (χ3v) is 4.27. The van der Waals surface area contributed by atoms with Gasteiger partial charge in [-0.3, -0.25) is 9.59 Å². The number of nitriles is 1. The van der Waals surface area contributed by atoms with E-state index in [1.807, 2.05) is 34.6 Å². The van der Waals surface area contributed by atoms with E-state index in [1.165, 1.54) is 0 Å². The van der Waals surface area contributed by atoms with Gasteiger partial charge in [-0.15, -0.1) is 0 Å². The van der Waals surface area contributed by atoms with E-state index in [0.29, 0.717) is 12.8 Å². The monoisotopic (exact) mass is 322 g/mol. The van der Waals surface area contributed by atoms with Gasteiger partial charge in [0, 0.05) is 18.4 Å². The topological polar surface area (TPSA) is 99.2 Å². The summed E-state index contributed by atoms with van der Waals surface area (Å²) >= 11 is 0. The number of rotatable bonds is 5. The SMILES string of the molecule is CC(C)(CC(N)=O)CC(=O)N(C(C)(C)C)C1(C#N)CCNCC1. The first kappa shape index (κ1) is 19.4. The molecule has 0 spiro atoms. The van der Waals surface area contributed by atoms with Gasteiger partial charge >= 0.3 is 0 Å². The average molecular weight is 322 g/mol. The summed E-state index contributed by atoms with van der Waals surface area (Å²) < 4.78 is 0. The third kappa shape index (κ3) is 4.93. The third-order valence-electron chi connectivity index (χ3n) is 4.27. The summed E-state index contributed by atoms with van der Waals surface area (Å²) in [5.41, 5.74) is 3.52. The second-order valence-corrected chi connectivity index (χ2v) is 8.28. The largest absolute Gasteiger partial charge is 0.370 e. The van der Waals surface area contributed by atoms with Crippen molar-refractivity contribution in [1.29, 1.82) is 5.26 Å². The molecule has 0 saturated carbocycles. The van der Waals surface area contributed by atoms with E-state index in [-0.39, 0.29) is 18.7 Å². The fraction of sp³-hybridized carbons (Fsp3) is 0.824. The Kier molecular flexibility index (Phi) is 5.81. The molecule has 130 valence electrons. The number of nitrogens with zero attached hydrogens (tertiary/aromatic N) is 2. The molecule has 0 aliphatic carbocycles. The molecular weight excluding hydrogens is 292 g/mol. The molecular formula is C17H30N4O2. The molecule has 1 heterocycles. The van der Waals surface area contributed by atoms with Crippen LogP contribution in [0.4, 0.5) is 0 Å². The maximum Gasteiger partial charge on any atom is 0.224 e. The Bertz CT molecular complexity index is 494. The van der Waals surface area contributed by atoms with Gasteiger partial charge in [-0.25, -0.2) is 0 Å². The predicted octanol–water partition coefficient (Wildman–Crippen LogP) is 1.55. The summed E-state index contributed by atoms with van der Waals surface area (Å²) in [4.78, 5) is 26.0. The summed E-state index contributed by atoms with van der Waals surface area (Å²) in [6, 6.07) is 2.40. The molecule has 1 fully saturated rings. The fourth-order valence-corrected chi connectivity index (χ4v) is 3.50. The highest BCUT2D eigenvalue weighted by atomic mass is 16.2. The molecule has 23 heavy (non-hydrogen) atoms. The van der Waals surface area contributed by atoms with Crippen LogP contribution in [0.5, 0.6) is 0 Å². The Balaban J connectivity index is 3.10. The normalized spacial score (nSPS) is 18.1. The number of hydrogen-bond acceptors (Lipinski definition) is 4. The maximum atomic E-state index is 13.1. The summed E-state index contributed by atoms with van der Waals surface area (Å²) in [6.45, 7) is 11.0. The van der Waals surface area contributed by atoms with Gasteiger partial charge in [0.1, 0.15) is 5.54 Å². The molecule has 2 amide bonds. The minimum absolute atomic E-state index is 0.0906. The minimum Gasteiger partial charge on any atom is -0.370 e. The lowest BCUT2D eigenvalue weighted by atomic mass is 9.80. The van der Waals surface area contributed by atoms with E-state index in [4.69, 9.17) is 5.73 Å². The molecule has 1 aliphatic rings. The van der Waals surface area contributed by atoms with Gasteiger partial charge < -0.3 is 16.0 Å². The van der Waals surface area contributed by atoms with Crippen LogP contribution in [-0.2, 0) is 9.59 Å². The number of carbonyl (C=O) groups is 2. The van der Waals surface area contributed by atoms with Crippen LogP contribution >= 0.6 is 0 Å². The van der Waals surface area contributed by atoms with E-state index < -0.39 is 22.4 Å². The predicted molar refractivity (Wildman–Crippen MR) is 89.3 cm³/mol. The van der Waals surface area contributed by atoms with Crippen LogP contribution in [0.15, 0.2) is 0 Å². The highest BCUT2D eigenvalue weighted by molar-refractivity contribution is 5.81. The van der Waals surface area contributed by atoms with Crippen molar-refractivity contribution in [3.05, 3.63) is 0 Å². The number of hydrogen-bond donors (Lipinski definition) is 2.